The highest BCUT2D eigenvalue weighted by Gasteiger charge is 2.38. The van der Waals surface area contributed by atoms with Crippen molar-refractivity contribution < 1.29 is 18.0 Å². The number of likely N-dealkylation sites (tertiary alicyclic amines) is 1. The van der Waals surface area contributed by atoms with E-state index >= 15 is 0 Å². The molecular formula is C23H33N3O4S. The molecule has 1 aromatic rings. The maximum atomic E-state index is 12.9. The van der Waals surface area contributed by atoms with Crippen LogP contribution < -0.4 is 5.32 Å². The Labute approximate surface area is 185 Å². The summed E-state index contributed by atoms with van der Waals surface area (Å²) in [6, 6.07) is 6.65. The topological polar surface area (TPSA) is 86.8 Å². The molecule has 1 atom stereocenters. The van der Waals surface area contributed by atoms with Crippen LogP contribution in [-0.4, -0.2) is 55.1 Å². The summed E-state index contributed by atoms with van der Waals surface area (Å²) < 4.78 is 27.3. The van der Waals surface area contributed by atoms with E-state index in [4.69, 9.17) is 0 Å². The van der Waals surface area contributed by atoms with Crippen LogP contribution >= 0.6 is 0 Å². The summed E-state index contributed by atoms with van der Waals surface area (Å²) in [4.78, 5) is 27.3. The summed E-state index contributed by atoms with van der Waals surface area (Å²) in [6.45, 7) is 3.73. The van der Waals surface area contributed by atoms with Crippen molar-refractivity contribution in [2.24, 2.45) is 11.8 Å². The smallest absolute Gasteiger partial charge is 0.243 e. The van der Waals surface area contributed by atoms with Crippen LogP contribution in [0.15, 0.2) is 29.2 Å². The first kappa shape index (κ1) is 22.3. The number of piperidine rings is 1. The highest BCUT2D eigenvalue weighted by molar-refractivity contribution is 7.89. The first-order chi connectivity index (χ1) is 14.8. The summed E-state index contributed by atoms with van der Waals surface area (Å²) in [6.07, 6.45) is 7.61. The van der Waals surface area contributed by atoms with Crippen LogP contribution in [-0.2, 0) is 19.6 Å². The Balaban J connectivity index is 1.35. The third kappa shape index (κ3) is 4.95. The van der Waals surface area contributed by atoms with Crippen molar-refractivity contribution in [2.75, 3.05) is 25.0 Å². The van der Waals surface area contributed by atoms with E-state index in [0.29, 0.717) is 31.2 Å². The molecular weight excluding hydrogens is 414 g/mol. The molecule has 170 valence electrons. The summed E-state index contributed by atoms with van der Waals surface area (Å²) in [5, 5.41) is 2.87. The normalized spacial score (nSPS) is 24.5. The molecule has 0 unspecified atom stereocenters. The fraction of sp³-hybridized carbons (Fsp3) is 0.652. The molecule has 2 aliphatic heterocycles. The van der Waals surface area contributed by atoms with E-state index in [1.54, 1.807) is 28.6 Å². The molecule has 1 N–H and O–H groups in total. The summed E-state index contributed by atoms with van der Waals surface area (Å²) in [5.74, 6) is 0.102. The van der Waals surface area contributed by atoms with Crippen molar-refractivity contribution in [1.82, 2.24) is 9.21 Å². The number of carbonyl (C=O) groups is 2. The zero-order chi connectivity index (χ0) is 22.0. The Morgan fingerprint density at radius 1 is 1.00 bits per heavy atom. The Kier molecular flexibility index (Phi) is 6.67. The number of benzene rings is 1. The van der Waals surface area contributed by atoms with E-state index in [0.717, 1.165) is 38.5 Å². The second kappa shape index (κ2) is 9.28. The van der Waals surface area contributed by atoms with Gasteiger partial charge in [0.25, 0.3) is 0 Å². The zero-order valence-corrected chi connectivity index (χ0v) is 19.1. The van der Waals surface area contributed by atoms with Crippen molar-refractivity contribution in [1.29, 1.82) is 0 Å². The van der Waals surface area contributed by atoms with Gasteiger partial charge in [-0.15, -0.1) is 0 Å². The molecule has 0 spiro atoms. The highest BCUT2D eigenvalue weighted by atomic mass is 32.2. The number of nitrogens with one attached hydrogen (secondary N) is 1. The van der Waals surface area contributed by atoms with E-state index in [1.807, 2.05) is 4.90 Å². The van der Waals surface area contributed by atoms with Crippen LogP contribution in [0.2, 0.25) is 0 Å². The molecule has 1 saturated carbocycles. The lowest BCUT2D eigenvalue weighted by molar-refractivity contribution is -0.130. The number of rotatable bonds is 5. The number of nitrogens with zero attached hydrogens (tertiary/aromatic N) is 2. The second-order valence-corrected chi connectivity index (χ2v) is 11.3. The molecule has 8 heteroatoms. The minimum absolute atomic E-state index is 0.0735. The lowest BCUT2D eigenvalue weighted by Crippen LogP contribution is -2.38. The van der Waals surface area contributed by atoms with Gasteiger partial charge in [0, 0.05) is 37.8 Å². The fourth-order valence-corrected chi connectivity index (χ4v) is 6.45. The molecule has 2 heterocycles. The molecule has 31 heavy (non-hydrogen) atoms. The maximum Gasteiger partial charge on any atom is 0.243 e. The zero-order valence-electron chi connectivity index (χ0n) is 18.3. The average molecular weight is 448 g/mol. The first-order valence-corrected chi connectivity index (χ1v) is 13.0. The summed E-state index contributed by atoms with van der Waals surface area (Å²) in [7, 11) is -3.50. The molecule has 7 nitrogen and oxygen atoms in total. The Morgan fingerprint density at radius 2 is 1.65 bits per heavy atom. The minimum Gasteiger partial charge on any atom is -0.339 e. The van der Waals surface area contributed by atoms with Crippen molar-refractivity contribution in [3.8, 4) is 0 Å². The summed E-state index contributed by atoms with van der Waals surface area (Å²) in [5.41, 5.74) is 0.555. The lowest BCUT2D eigenvalue weighted by Gasteiger charge is -2.31. The van der Waals surface area contributed by atoms with Crippen LogP contribution in [0, 0.1) is 11.8 Å². The molecule has 2 saturated heterocycles. The Hall–Kier alpha value is -1.93. The van der Waals surface area contributed by atoms with E-state index in [1.165, 1.54) is 6.42 Å². The minimum atomic E-state index is -3.50. The van der Waals surface area contributed by atoms with Crippen molar-refractivity contribution in [3.63, 3.8) is 0 Å². The molecule has 3 aliphatic rings. The number of anilines is 1. The number of amides is 2. The predicted molar refractivity (Wildman–Crippen MR) is 119 cm³/mol. The molecule has 2 amide bonds. The third-order valence-corrected chi connectivity index (χ3v) is 8.96. The van der Waals surface area contributed by atoms with E-state index in [9.17, 15) is 18.0 Å². The number of hydrogen-bond donors (Lipinski definition) is 1. The van der Waals surface area contributed by atoms with Gasteiger partial charge in [-0.2, -0.15) is 4.31 Å². The average Bonchev–Trinajstić information content (AvgIpc) is 3.17. The van der Waals surface area contributed by atoms with Crippen LogP contribution in [0.3, 0.4) is 0 Å². The van der Waals surface area contributed by atoms with Gasteiger partial charge in [-0.1, -0.05) is 26.2 Å². The quantitative estimate of drug-likeness (QED) is 0.751. The van der Waals surface area contributed by atoms with Crippen LogP contribution in [0.1, 0.15) is 58.3 Å². The van der Waals surface area contributed by atoms with Gasteiger partial charge in [0.2, 0.25) is 21.8 Å². The largest absolute Gasteiger partial charge is 0.339 e. The van der Waals surface area contributed by atoms with Crippen LogP contribution in [0.4, 0.5) is 5.69 Å². The van der Waals surface area contributed by atoms with Crippen LogP contribution in [0.25, 0.3) is 0 Å². The molecule has 0 bridgehead atoms. The number of sulfonamides is 1. The van der Waals surface area contributed by atoms with Crippen molar-refractivity contribution in [2.45, 2.75) is 69.2 Å². The van der Waals surface area contributed by atoms with Crippen molar-refractivity contribution >= 4 is 27.5 Å². The second-order valence-electron chi connectivity index (χ2n) is 9.34. The van der Waals surface area contributed by atoms with Crippen LogP contribution in [0.5, 0.6) is 0 Å². The van der Waals surface area contributed by atoms with Gasteiger partial charge in [0.15, 0.2) is 0 Å². The first-order valence-electron chi connectivity index (χ1n) is 11.5. The standard InChI is InChI=1S/C23H33N3O4S/c1-17-11-13-25(14-12-17)31(29,30)21-9-7-19(8-10-21)24-23(28)18-15-22(27)26(16-18)20-5-3-2-4-6-20/h7-10,17-18,20H,2-6,11-16H2,1H3,(H,24,28)/t18-/m0/s1. The molecule has 4 rings (SSSR count). The number of carbonyl (C=O) groups excluding carboxylic acids is 2. The van der Waals surface area contributed by atoms with Gasteiger partial charge in [-0.05, 0) is 55.9 Å². The predicted octanol–water partition coefficient (Wildman–Crippen LogP) is 3.23. The maximum absolute atomic E-state index is 12.9. The molecule has 1 aromatic carbocycles. The SMILES string of the molecule is CC1CCN(S(=O)(=O)c2ccc(NC(=O)[C@H]3CC(=O)N(C4CCCCC4)C3)cc2)CC1. The molecule has 0 radical (unpaired) electrons. The lowest BCUT2D eigenvalue weighted by atomic mass is 9.94. The van der Waals surface area contributed by atoms with E-state index in [-0.39, 0.29) is 35.1 Å². The van der Waals surface area contributed by atoms with E-state index in [2.05, 4.69) is 12.2 Å². The monoisotopic (exact) mass is 447 g/mol. The van der Waals surface area contributed by atoms with Gasteiger partial charge in [0.05, 0.1) is 10.8 Å². The van der Waals surface area contributed by atoms with Gasteiger partial charge in [0.1, 0.15) is 0 Å². The van der Waals surface area contributed by atoms with Gasteiger partial charge < -0.3 is 10.2 Å². The van der Waals surface area contributed by atoms with Gasteiger partial charge in [-0.3, -0.25) is 9.59 Å². The number of hydrogen-bond acceptors (Lipinski definition) is 4. The van der Waals surface area contributed by atoms with E-state index < -0.39 is 10.0 Å². The Morgan fingerprint density at radius 3 is 2.29 bits per heavy atom. The summed E-state index contributed by atoms with van der Waals surface area (Å²) >= 11 is 0. The van der Waals surface area contributed by atoms with Gasteiger partial charge >= 0.3 is 0 Å². The fourth-order valence-electron chi connectivity index (χ4n) is 4.98. The molecule has 1 aliphatic carbocycles. The molecule has 0 aromatic heterocycles. The van der Waals surface area contributed by atoms with Gasteiger partial charge in [-0.25, -0.2) is 8.42 Å². The van der Waals surface area contributed by atoms with Crippen molar-refractivity contribution in [3.05, 3.63) is 24.3 Å². The highest BCUT2D eigenvalue weighted by Crippen LogP contribution is 2.29. The third-order valence-electron chi connectivity index (χ3n) is 7.05. The Bertz CT molecular complexity index is 901. The molecule has 3 fully saturated rings.